The standard InChI is InChI=1S/C38H35NO5/c1-37(2,3)39-35(43)27-18-17-26-29(32(27)36(39)44)20-30-34(42)28(22-11-6-4-7-12-22)21-31(41)38(30,24-14-8-5-9-15-24)33(26)23-13-10-16-25(40)19-23/h4-17,19,21,27,29-30,32-33,40H,18,20H2,1-3H3. The van der Waals surface area contributed by atoms with Gasteiger partial charge in [0.1, 0.15) is 5.75 Å². The molecule has 0 aromatic heterocycles. The van der Waals surface area contributed by atoms with Gasteiger partial charge in [-0.15, -0.1) is 0 Å². The second-order valence-corrected chi connectivity index (χ2v) is 13.6. The number of carbonyl (C=O) groups excluding carboxylic acids is 4. The molecule has 2 amide bonds. The highest BCUT2D eigenvalue weighted by Crippen LogP contribution is 2.63. The van der Waals surface area contributed by atoms with E-state index in [2.05, 4.69) is 0 Å². The molecule has 1 N–H and O–H groups in total. The van der Waals surface area contributed by atoms with E-state index in [0.29, 0.717) is 23.1 Å². The number of phenolic OH excluding ortho intramolecular Hbond substituents is 1. The highest BCUT2D eigenvalue weighted by molar-refractivity contribution is 6.31. The van der Waals surface area contributed by atoms with Gasteiger partial charge in [-0.25, -0.2) is 0 Å². The molecule has 0 spiro atoms. The van der Waals surface area contributed by atoms with Crippen LogP contribution in [-0.2, 0) is 24.6 Å². The molecule has 2 fully saturated rings. The summed E-state index contributed by atoms with van der Waals surface area (Å²) in [5.74, 6) is -3.62. The van der Waals surface area contributed by atoms with Crippen LogP contribution in [0.25, 0.3) is 5.57 Å². The van der Waals surface area contributed by atoms with Crippen molar-refractivity contribution in [3.8, 4) is 5.75 Å². The molecule has 1 heterocycles. The van der Waals surface area contributed by atoms with E-state index in [1.807, 2.05) is 93.6 Å². The van der Waals surface area contributed by atoms with Crippen LogP contribution in [0.15, 0.2) is 103 Å². The number of hydrogen-bond acceptors (Lipinski definition) is 5. The molecule has 6 unspecified atom stereocenters. The second kappa shape index (κ2) is 9.98. The molecule has 3 aliphatic carbocycles. The Balaban J connectivity index is 1.50. The van der Waals surface area contributed by atoms with Crippen LogP contribution >= 0.6 is 0 Å². The number of phenols is 1. The summed E-state index contributed by atoms with van der Waals surface area (Å²) in [6.45, 7) is 5.60. The molecular formula is C38H35NO5. The Morgan fingerprint density at radius 3 is 2.16 bits per heavy atom. The van der Waals surface area contributed by atoms with Crippen LogP contribution in [0.3, 0.4) is 0 Å². The topological polar surface area (TPSA) is 91.8 Å². The lowest BCUT2D eigenvalue weighted by molar-refractivity contribution is -0.145. The number of ketones is 2. The van der Waals surface area contributed by atoms with E-state index in [9.17, 15) is 24.3 Å². The lowest BCUT2D eigenvalue weighted by Gasteiger charge is -2.55. The third kappa shape index (κ3) is 3.93. The molecular weight excluding hydrogens is 550 g/mol. The van der Waals surface area contributed by atoms with Crippen molar-refractivity contribution in [3.05, 3.63) is 119 Å². The Labute approximate surface area is 257 Å². The van der Waals surface area contributed by atoms with E-state index < -0.39 is 40.5 Å². The number of fused-ring (bicyclic) bond motifs is 4. The van der Waals surface area contributed by atoms with Gasteiger partial charge in [0.2, 0.25) is 11.8 Å². The highest BCUT2D eigenvalue weighted by atomic mass is 16.3. The number of imide groups is 1. The van der Waals surface area contributed by atoms with Crippen LogP contribution in [0, 0.1) is 23.7 Å². The van der Waals surface area contributed by atoms with Gasteiger partial charge < -0.3 is 5.11 Å². The molecule has 1 saturated carbocycles. The SMILES string of the molecule is CC(C)(C)N1C(=O)C2CC=C3C(CC4C(=O)C(c5ccccc5)=CC(=O)C4(c4ccccc4)C3c3cccc(O)c3)C2C1=O. The Kier molecular flexibility index (Phi) is 6.40. The van der Waals surface area contributed by atoms with Gasteiger partial charge in [0, 0.05) is 22.9 Å². The van der Waals surface area contributed by atoms with E-state index in [1.54, 1.807) is 18.2 Å². The summed E-state index contributed by atoms with van der Waals surface area (Å²) in [5.41, 5.74) is 1.39. The van der Waals surface area contributed by atoms with Crippen molar-refractivity contribution in [1.29, 1.82) is 0 Å². The molecule has 7 rings (SSSR count). The third-order valence-corrected chi connectivity index (χ3v) is 10.2. The van der Waals surface area contributed by atoms with E-state index in [1.165, 1.54) is 11.0 Å². The third-order valence-electron chi connectivity index (χ3n) is 10.2. The number of benzene rings is 3. The minimum atomic E-state index is -1.30. The van der Waals surface area contributed by atoms with Gasteiger partial charge >= 0.3 is 0 Å². The second-order valence-electron chi connectivity index (χ2n) is 13.6. The summed E-state index contributed by atoms with van der Waals surface area (Å²) in [6.07, 6.45) is 4.21. The quantitative estimate of drug-likeness (QED) is 0.300. The molecule has 44 heavy (non-hydrogen) atoms. The van der Waals surface area contributed by atoms with Crippen molar-refractivity contribution < 1.29 is 24.3 Å². The number of nitrogens with zero attached hydrogens (tertiary/aromatic N) is 1. The van der Waals surface area contributed by atoms with Gasteiger partial charge in [-0.2, -0.15) is 0 Å². The number of likely N-dealkylation sites (tertiary alicyclic amines) is 1. The van der Waals surface area contributed by atoms with E-state index in [0.717, 1.165) is 11.1 Å². The van der Waals surface area contributed by atoms with Gasteiger partial charge in [-0.1, -0.05) is 84.4 Å². The zero-order chi connectivity index (χ0) is 31.0. The Morgan fingerprint density at radius 2 is 1.50 bits per heavy atom. The van der Waals surface area contributed by atoms with Crippen LogP contribution in [0.2, 0.25) is 0 Å². The number of carbonyl (C=O) groups is 4. The number of aromatic hydroxyl groups is 1. The van der Waals surface area contributed by atoms with E-state index in [4.69, 9.17) is 0 Å². The molecule has 4 aliphatic rings. The predicted octanol–water partition coefficient (Wildman–Crippen LogP) is 6.02. The van der Waals surface area contributed by atoms with Crippen molar-refractivity contribution in [2.75, 3.05) is 0 Å². The summed E-state index contributed by atoms with van der Waals surface area (Å²) < 4.78 is 0. The summed E-state index contributed by atoms with van der Waals surface area (Å²) in [6, 6.07) is 25.6. The fourth-order valence-corrected chi connectivity index (χ4v) is 8.61. The number of allylic oxidation sites excluding steroid dienone is 4. The van der Waals surface area contributed by atoms with Crippen molar-refractivity contribution in [2.45, 2.75) is 50.5 Å². The maximum absolute atomic E-state index is 14.9. The van der Waals surface area contributed by atoms with E-state index >= 15 is 0 Å². The summed E-state index contributed by atoms with van der Waals surface area (Å²) in [4.78, 5) is 59.0. The van der Waals surface area contributed by atoms with Crippen LogP contribution in [0.5, 0.6) is 5.75 Å². The first kappa shape index (κ1) is 28.2. The largest absolute Gasteiger partial charge is 0.508 e. The highest BCUT2D eigenvalue weighted by Gasteiger charge is 2.66. The molecule has 0 bridgehead atoms. The van der Waals surface area contributed by atoms with Crippen LogP contribution in [0.4, 0.5) is 0 Å². The minimum absolute atomic E-state index is 0.0554. The zero-order valence-electron chi connectivity index (χ0n) is 25.1. The zero-order valence-corrected chi connectivity index (χ0v) is 25.1. The lowest BCUT2D eigenvalue weighted by Crippen LogP contribution is -2.59. The molecule has 1 saturated heterocycles. The van der Waals surface area contributed by atoms with Gasteiger partial charge in [-0.3, -0.25) is 24.1 Å². The van der Waals surface area contributed by atoms with Gasteiger partial charge in [0.25, 0.3) is 0 Å². The Bertz CT molecular complexity index is 1770. The number of rotatable bonds is 3. The predicted molar refractivity (Wildman–Crippen MR) is 166 cm³/mol. The summed E-state index contributed by atoms with van der Waals surface area (Å²) in [7, 11) is 0. The molecule has 6 nitrogen and oxygen atoms in total. The maximum Gasteiger partial charge on any atom is 0.234 e. The van der Waals surface area contributed by atoms with Crippen LogP contribution in [0.1, 0.15) is 56.2 Å². The monoisotopic (exact) mass is 585 g/mol. The van der Waals surface area contributed by atoms with Crippen molar-refractivity contribution in [3.63, 3.8) is 0 Å². The van der Waals surface area contributed by atoms with Gasteiger partial charge in [0.15, 0.2) is 11.6 Å². The van der Waals surface area contributed by atoms with Gasteiger partial charge in [-0.05, 0) is 74.4 Å². The molecule has 0 radical (unpaired) electrons. The molecule has 1 aliphatic heterocycles. The maximum atomic E-state index is 14.9. The van der Waals surface area contributed by atoms with Crippen molar-refractivity contribution >= 4 is 29.0 Å². The minimum Gasteiger partial charge on any atom is -0.508 e. The fraction of sp³-hybridized carbons (Fsp3) is 0.316. The molecule has 6 heteroatoms. The molecule has 3 aromatic carbocycles. The fourth-order valence-electron chi connectivity index (χ4n) is 8.61. The molecule has 6 atom stereocenters. The molecule has 3 aromatic rings. The smallest absolute Gasteiger partial charge is 0.234 e. The Hall–Kier alpha value is -4.58. The average molecular weight is 586 g/mol. The number of amides is 2. The van der Waals surface area contributed by atoms with Gasteiger partial charge in [0.05, 0.1) is 17.3 Å². The van der Waals surface area contributed by atoms with E-state index in [-0.39, 0.29) is 35.6 Å². The summed E-state index contributed by atoms with van der Waals surface area (Å²) in [5, 5.41) is 10.7. The first-order valence-electron chi connectivity index (χ1n) is 15.3. The first-order valence-corrected chi connectivity index (χ1v) is 15.3. The van der Waals surface area contributed by atoms with Crippen LogP contribution in [-0.4, -0.2) is 38.9 Å². The van der Waals surface area contributed by atoms with Crippen molar-refractivity contribution in [2.24, 2.45) is 23.7 Å². The normalized spacial score (nSPS) is 29.9. The number of hydrogen-bond donors (Lipinski definition) is 1. The average Bonchev–Trinajstić information content (AvgIpc) is 3.28. The summed E-state index contributed by atoms with van der Waals surface area (Å²) >= 11 is 0. The molecule has 222 valence electrons. The lowest BCUT2D eigenvalue weighted by atomic mass is 9.44. The Morgan fingerprint density at radius 1 is 0.818 bits per heavy atom. The van der Waals surface area contributed by atoms with Crippen LogP contribution < -0.4 is 0 Å². The number of Topliss-reactive ketones (excluding diaryl/α,β-unsaturated/α-hetero) is 1. The van der Waals surface area contributed by atoms with Crippen molar-refractivity contribution in [1.82, 2.24) is 4.90 Å². The first-order chi connectivity index (χ1) is 21.0.